The van der Waals surface area contributed by atoms with Gasteiger partial charge >= 0.3 is 0 Å². The van der Waals surface area contributed by atoms with Crippen LogP contribution < -0.4 is 5.32 Å². The molecule has 0 aliphatic carbocycles. The van der Waals surface area contributed by atoms with Crippen molar-refractivity contribution < 1.29 is 4.42 Å². The smallest absolute Gasteiger partial charge is 0.247 e. The Morgan fingerprint density at radius 3 is 2.41 bits per heavy atom. The normalized spacial score (nSPS) is 12.1. The first kappa shape index (κ1) is 14.3. The third-order valence-electron chi connectivity index (χ3n) is 3.48. The highest BCUT2D eigenvalue weighted by Gasteiger charge is 2.15. The fraction of sp³-hybridized carbons (Fsp3) is 0.222. The van der Waals surface area contributed by atoms with E-state index in [1.54, 1.807) is 0 Å². The van der Waals surface area contributed by atoms with Crippen LogP contribution in [-0.2, 0) is 0 Å². The largest absolute Gasteiger partial charge is 0.418 e. The highest BCUT2D eigenvalue weighted by molar-refractivity contribution is 5.53. The highest BCUT2D eigenvalue weighted by Crippen LogP contribution is 2.23. The fourth-order valence-electron chi connectivity index (χ4n) is 2.35. The van der Waals surface area contributed by atoms with E-state index in [0.717, 1.165) is 11.3 Å². The second kappa shape index (κ2) is 6.02. The number of nitrogens with zero attached hydrogens (tertiary/aromatic N) is 2. The topological polar surface area (TPSA) is 51.0 Å². The molecule has 0 amide bonds. The number of benzene rings is 2. The number of rotatable bonds is 4. The van der Waals surface area contributed by atoms with Gasteiger partial charge in [-0.05, 0) is 50.6 Å². The van der Waals surface area contributed by atoms with E-state index >= 15 is 0 Å². The van der Waals surface area contributed by atoms with Crippen molar-refractivity contribution in [2.24, 2.45) is 0 Å². The van der Waals surface area contributed by atoms with Gasteiger partial charge in [0, 0.05) is 11.3 Å². The summed E-state index contributed by atoms with van der Waals surface area (Å²) in [5.74, 6) is 1.13. The summed E-state index contributed by atoms with van der Waals surface area (Å²) in [6.07, 6.45) is 0. The average molecular weight is 293 g/mol. The van der Waals surface area contributed by atoms with Gasteiger partial charge in [0.2, 0.25) is 11.8 Å². The predicted octanol–water partition coefficient (Wildman–Crippen LogP) is 4.53. The standard InChI is InChI=1S/C18H19N3O/c1-12-6-4-8-15(10-12)18-21-20-17(22-18)14(3)19-16-9-5-7-13(2)11-16/h4-11,14,19H,1-3H3/t14-/m1/s1. The minimum Gasteiger partial charge on any atom is -0.418 e. The SMILES string of the molecule is Cc1cccc(N[C@H](C)c2nnc(-c3cccc(C)c3)o2)c1. The first-order valence-corrected chi connectivity index (χ1v) is 7.35. The minimum atomic E-state index is -0.0483. The quantitative estimate of drug-likeness (QED) is 0.768. The maximum Gasteiger partial charge on any atom is 0.247 e. The Kier molecular flexibility index (Phi) is 3.92. The molecule has 1 heterocycles. The van der Waals surface area contributed by atoms with Crippen molar-refractivity contribution in [3.63, 3.8) is 0 Å². The second-order valence-corrected chi connectivity index (χ2v) is 5.55. The third kappa shape index (κ3) is 3.17. The summed E-state index contributed by atoms with van der Waals surface area (Å²) in [4.78, 5) is 0. The maximum absolute atomic E-state index is 5.80. The van der Waals surface area contributed by atoms with Crippen LogP contribution in [0.3, 0.4) is 0 Å². The van der Waals surface area contributed by atoms with Crippen LogP contribution in [0.1, 0.15) is 30.0 Å². The van der Waals surface area contributed by atoms with Crippen molar-refractivity contribution >= 4 is 5.69 Å². The molecule has 3 aromatic rings. The van der Waals surface area contributed by atoms with Crippen molar-refractivity contribution in [1.29, 1.82) is 0 Å². The molecule has 0 fully saturated rings. The molecule has 4 nitrogen and oxygen atoms in total. The lowest BCUT2D eigenvalue weighted by Gasteiger charge is -2.11. The molecule has 4 heteroatoms. The molecule has 112 valence electrons. The van der Waals surface area contributed by atoms with E-state index in [2.05, 4.69) is 34.6 Å². The van der Waals surface area contributed by atoms with Crippen LogP contribution in [0, 0.1) is 13.8 Å². The summed E-state index contributed by atoms with van der Waals surface area (Å²) in [6.45, 7) is 6.12. The van der Waals surface area contributed by atoms with E-state index in [1.807, 2.05) is 50.2 Å². The summed E-state index contributed by atoms with van der Waals surface area (Å²) < 4.78 is 5.80. The molecule has 1 N–H and O–H groups in total. The van der Waals surface area contributed by atoms with Crippen molar-refractivity contribution in [2.45, 2.75) is 26.8 Å². The third-order valence-corrected chi connectivity index (χ3v) is 3.48. The van der Waals surface area contributed by atoms with Crippen molar-refractivity contribution in [3.05, 3.63) is 65.5 Å². The number of nitrogens with one attached hydrogen (secondary N) is 1. The maximum atomic E-state index is 5.80. The van der Waals surface area contributed by atoms with E-state index in [1.165, 1.54) is 11.1 Å². The first-order valence-electron chi connectivity index (χ1n) is 7.35. The van der Waals surface area contributed by atoms with Gasteiger partial charge in [-0.2, -0.15) is 0 Å². The summed E-state index contributed by atoms with van der Waals surface area (Å²) in [6, 6.07) is 16.2. The van der Waals surface area contributed by atoms with Gasteiger partial charge in [0.1, 0.15) is 6.04 Å². The Morgan fingerprint density at radius 2 is 1.68 bits per heavy atom. The van der Waals surface area contributed by atoms with E-state index in [4.69, 9.17) is 4.42 Å². The number of anilines is 1. The zero-order valence-corrected chi connectivity index (χ0v) is 13.0. The molecule has 1 aromatic heterocycles. The number of aryl methyl sites for hydroxylation is 2. The second-order valence-electron chi connectivity index (χ2n) is 5.55. The monoisotopic (exact) mass is 293 g/mol. The van der Waals surface area contributed by atoms with E-state index in [-0.39, 0.29) is 6.04 Å². The molecule has 2 aromatic carbocycles. The lowest BCUT2D eigenvalue weighted by atomic mass is 10.1. The number of aromatic nitrogens is 2. The summed E-state index contributed by atoms with van der Waals surface area (Å²) in [5.41, 5.74) is 4.37. The molecule has 0 aliphatic heterocycles. The fourth-order valence-corrected chi connectivity index (χ4v) is 2.35. The minimum absolute atomic E-state index is 0.0483. The van der Waals surface area contributed by atoms with Gasteiger partial charge in [0.05, 0.1) is 0 Å². The first-order chi connectivity index (χ1) is 10.6. The molecular formula is C18H19N3O. The molecule has 0 bridgehead atoms. The molecule has 0 spiro atoms. The van der Waals surface area contributed by atoms with Gasteiger partial charge in [0.25, 0.3) is 0 Å². The number of hydrogen-bond acceptors (Lipinski definition) is 4. The molecule has 0 radical (unpaired) electrons. The zero-order valence-electron chi connectivity index (χ0n) is 13.0. The highest BCUT2D eigenvalue weighted by atomic mass is 16.4. The van der Waals surface area contributed by atoms with E-state index in [0.29, 0.717) is 11.8 Å². The Morgan fingerprint density at radius 1 is 0.955 bits per heavy atom. The lowest BCUT2D eigenvalue weighted by molar-refractivity contribution is 0.485. The van der Waals surface area contributed by atoms with Crippen LogP contribution in [0.25, 0.3) is 11.5 Å². The van der Waals surface area contributed by atoms with Gasteiger partial charge in [0.15, 0.2) is 0 Å². The molecule has 0 saturated carbocycles. The summed E-state index contributed by atoms with van der Waals surface area (Å²) in [5, 5.41) is 11.7. The average Bonchev–Trinajstić information content (AvgIpc) is 2.97. The van der Waals surface area contributed by atoms with Crippen LogP contribution in [-0.4, -0.2) is 10.2 Å². The van der Waals surface area contributed by atoms with E-state index < -0.39 is 0 Å². The van der Waals surface area contributed by atoms with Gasteiger partial charge in [-0.3, -0.25) is 0 Å². The van der Waals surface area contributed by atoms with Gasteiger partial charge in [-0.15, -0.1) is 10.2 Å². The zero-order chi connectivity index (χ0) is 15.5. The van der Waals surface area contributed by atoms with Gasteiger partial charge in [-0.1, -0.05) is 29.8 Å². The van der Waals surface area contributed by atoms with Crippen LogP contribution >= 0.6 is 0 Å². The number of hydrogen-bond donors (Lipinski definition) is 1. The molecule has 0 aliphatic rings. The van der Waals surface area contributed by atoms with Crippen LogP contribution in [0.4, 0.5) is 5.69 Å². The summed E-state index contributed by atoms with van der Waals surface area (Å²) in [7, 11) is 0. The molecule has 22 heavy (non-hydrogen) atoms. The molecule has 3 rings (SSSR count). The van der Waals surface area contributed by atoms with Crippen molar-refractivity contribution in [3.8, 4) is 11.5 Å². The van der Waals surface area contributed by atoms with Crippen LogP contribution in [0.5, 0.6) is 0 Å². The molecule has 0 unspecified atom stereocenters. The van der Waals surface area contributed by atoms with E-state index in [9.17, 15) is 0 Å². The lowest BCUT2D eigenvalue weighted by Crippen LogP contribution is -2.07. The Hall–Kier alpha value is -2.62. The molecule has 1 atom stereocenters. The predicted molar refractivity (Wildman–Crippen MR) is 87.7 cm³/mol. The molecular weight excluding hydrogens is 274 g/mol. The van der Waals surface area contributed by atoms with Gasteiger partial charge < -0.3 is 9.73 Å². The van der Waals surface area contributed by atoms with Crippen LogP contribution in [0.2, 0.25) is 0 Å². The van der Waals surface area contributed by atoms with Gasteiger partial charge in [-0.25, -0.2) is 0 Å². The summed E-state index contributed by atoms with van der Waals surface area (Å²) >= 11 is 0. The van der Waals surface area contributed by atoms with Crippen molar-refractivity contribution in [2.75, 3.05) is 5.32 Å². The Balaban J connectivity index is 1.78. The Bertz CT molecular complexity index is 779. The Labute approximate surface area is 130 Å². The van der Waals surface area contributed by atoms with Crippen LogP contribution in [0.15, 0.2) is 52.9 Å². The molecule has 0 saturated heterocycles. The van der Waals surface area contributed by atoms with Crippen molar-refractivity contribution in [1.82, 2.24) is 10.2 Å².